The number of aromatic nitrogens is 1. The molecule has 2 aliphatic heterocycles. The molecule has 2 aliphatic rings. The Balaban J connectivity index is 1.94. The third-order valence-electron chi connectivity index (χ3n) is 5.66. The number of rotatable bonds is 3. The number of amides is 3. The van der Waals surface area contributed by atoms with E-state index in [1.165, 1.54) is 0 Å². The van der Waals surface area contributed by atoms with Crippen LogP contribution in [0.4, 0.5) is 5.82 Å². The number of piperidine rings is 1. The summed E-state index contributed by atoms with van der Waals surface area (Å²) in [6, 6.07) is 7.51. The van der Waals surface area contributed by atoms with Crippen LogP contribution in [0.5, 0.6) is 0 Å². The summed E-state index contributed by atoms with van der Waals surface area (Å²) >= 11 is 0. The highest BCUT2D eigenvalue weighted by atomic mass is 16.2. The van der Waals surface area contributed by atoms with Crippen LogP contribution in [0.1, 0.15) is 71.1 Å². The number of nitrogen functional groups attached to an aromatic ring is 1. The summed E-state index contributed by atoms with van der Waals surface area (Å²) in [5.41, 5.74) is 10.4. The zero-order valence-corrected chi connectivity index (χ0v) is 16.7. The first-order valence-electron chi connectivity index (χ1n) is 9.79. The Morgan fingerprint density at radius 1 is 1.20 bits per heavy atom. The lowest BCUT2D eigenvalue weighted by Gasteiger charge is -2.24. The summed E-state index contributed by atoms with van der Waals surface area (Å²) in [6.07, 6.45) is 0.570. The standard InChI is InChI=1S/C22H21N5O3/c1-10(2)13-7-18(26-20(24)17(13)8-23)16-5-11-9-25-21(29)14(11)6-15(16)12-3-4-19(28)27-22(12)30/h5-7,10,12H,3-4,9H2,1-2H3,(H2,24,26)(H,25,29)(H,27,28,30). The lowest BCUT2D eigenvalue weighted by molar-refractivity contribution is -0.134. The molecule has 1 saturated heterocycles. The Labute approximate surface area is 173 Å². The van der Waals surface area contributed by atoms with E-state index in [4.69, 9.17) is 5.73 Å². The number of hydrogen-bond acceptors (Lipinski definition) is 6. The minimum Gasteiger partial charge on any atom is -0.383 e. The summed E-state index contributed by atoms with van der Waals surface area (Å²) in [5, 5.41) is 14.7. The zero-order chi connectivity index (χ0) is 21.6. The average molecular weight is 403 g/mol. The van der Waals surface area contributed by atoms with Crippen molar-refractivity contribution in [2.24, 2.45) is 0 Å². The monoisotopic (exact) mass is 403 g/mol. The molecule has 30 heavy (non-hydrogen) atoms. The Kier molecular flexibility index (Phi) is 4.74. The quantitative estimate of drug-likeness (QED) is 0.671. The Bertz CT molecular complexity index is 1150. The molecule has 0 saturated carbocycles. The molecule has 0 radical (unpaired) electrons. The largest absolute Gasteiger partial charge is 0.383 e. The highest BCUT2D eigenvalue weighted by molar-refractivity contribution is 6.03. The van der Waals surface area contributed by atoms with Gasteiger partial charge in [-0.25, -0.2) is 4.98 Å². The fourth-order valence-corrected chi connectivity index (χ4v) is 4.09. The third-order valence-corrected chi connectivity index (χ3v) is 5.66. The Morgan fingerprint density at radius 2 is 1.97 bits per heavy atom. The minimum atomic E-state index is -0.586. The number of pyridine rings is 1. The number of nitrogens with one attached hydrogen (secondary N) is 2. The van der Waals surface area contributed by atoms with Crippen molar-refractivity contribution in [3.63, 3.8) is 0 Å². The molecule has 3 amide bonds. The van der Waals surface area contributed by atoms with Gasteiger partial charge in [0.2, 0.25) is 11.8 Å². The van der Waals surface area contributed by atoms with Crippen LogP contribution in [0.2, 0.25) is 0 Å². The van der Waals surface area contributed by atoms with Crippen molar-refractivity contribution in [1.82, 2.24) is 15.6 Å². The van der Waals surface area contributed by atoms with Crippen molar-refractivity contribution in [2.75, 3.05) is 5.73 Å². The van der Waals surface area contributed by atoms with E-state index in [1.807, 2.05) is 26.0 Å². The van der Waals surface area contributed by atoms with Crippen LogP contribution in [0.25, 0.3) is 11.3 Å². The van der Waals surface area contributed by atoms with E-state index in [2.05, 4.69) is 21.7 Å². The van der Waals surface area contributed by atoms with E-state index in [1.54, 1.807) is 6.07 Å². The lowest BCUT2D eigenvalue weighted by Crippen LogP contribution is -2.39. The second-order valence-corrected chi connectivity index (χ2v) is 7.91. The SMILES string of the molecule is CC(C)c1cc(-c2cc3c(cc2C2CCC(=O)NC2=O)C(=O)NC3)nc(N)c1C#N. The van der Waals surface area contributed by atoms with Crippen molar-refractivity contribution in [2.45, 2.75) is 45.1 Å². The summed E-state index contributed by atoms with van der Waals surface area (Å²) in [7, 11) is 0. The zero-order valence-electron chi connectivity index (χ0n) is 16.7. The summed E-state index contributed by atoms with van der Waals surface area (Å²) in [6.45, 7) is 4.32. The van der Waals surface area contributed by atoms with Gasteiger partial charge in [0.1, 0.15) is 11.9 Å². The normalized spacial score (nSPS) is 18.1. The van der Waals surface area contributed by atoms with Crippen LogP contribution in [0.3, 0.4) is 0 Å². The molecule has 8 heteroatoms. The molecule has 4 rings (SSSR count). The van der Waals surface area contributed by atoms with Crippen LogP contribution in [0.15, 0.2) is 18.2 Å². The number of benzene rings is 1. The number of nitrogens with two attached hydrogens (primary N) is 1. The van der Waals surface area contributed by atoms with Crippen LogP contribution >= 0.6 is 0 Å². The third kappa shape index (κ3) is 3.18. The molecule has 1 unspecified atom stereocenters. The molecule has 1 fully saturated rings. The molecule has 1 aromatic heterocycles. The summed E-state index contributed by atoms with van der Waals surface area (Å²) in [5.74, 6) is -1.31. The van der Waals surface area contributed by atoms with Gasteiger partial charge in [-0.15, -0.1) is 0 Å². The van der Waals surface area contributed by atoms with E-state index in [9.17, 15) is 19.6 Å². The smallest absolute Gasteiger partial charge is 0.251 e. The predicted molar refractivity (Wildman–Crippen MR) is 109 cm³/mol. The molecule has 0 spiro atoms. The topological polar surface area (TPSA) is 138 Å². The highest BCUT2D eigenvalue weighted by Crippen LogP contribution is 2.38. The molecule has 2 aromatic rings. The van der Waals surface area contributed by atoms with Gasteiger partial charge in [0, 0.05) is 24.1 Å². The van der Waals surface area contributed by atoms with E-state index < -0.39 is 11.8 Å². The number of anilines is 1. The Morgan fingerprint density at radius 3 is 2.63 bits per heavy atom. The molecule has 8 nitrogen and oxygen atoms in total. The van der Waals surface area contributed by atoms with Crippen molar-refractivity contribution in [1.29, 1.82) is 5.26 Å². The van der Waals surface area contributed by atoms with Crippen LogP contribution < -0.4 is 16.4 Å². The number of hydrogen-bond donors (Lipinski definition) is 3. The van der Waals surface area contributed by atoms with E-state index in [-0.39, 0.29) is 30.0 Å². The molecule has 4 N–H and O–H groups in total. The summed E-state index contributed by atoms with van der Waals surface area (Å²) < 4.78 is 0. The maximum atomic E-state index is 12.6. The molecule has 1 aromatic carbocycles. The van der Waals surface area contributed by atoms with Gasteiger partial charge >= 0.3 is 0 Å². The first kappa shape index (κ1) is 19.6. The molecule has 0 aliphatic carbocycles. The average Bonchev–Trinajstić information content (AvgIpc) is 3.06. The van der Waals surface area contributed by atoms with E-state index in [0.717, 1.165) is 11.1 Å². The Hall–Kier alpha value is -3.73. The predicted octanol–water partition coefficient (Wildman–Crippen LogP) is 2.09. The van der Waals surface area contributed by atoms with Gasteiger partial charge in [-0.3, -0.25) is 19.7 Å². The molecule has 1 atom stereocenters. The van der Waals surface area contributed by atoms with Gasteiger partial charge in [0.25, 0.3) is 5.91 Å². The van der Waals surface area contributed by atoms with Gasteiger partial charge in [-0.1, -0.05) is 13.8 Å². The van der Waals surface area contributed by atoms with Crippen molar-refractivity contribution < 1.29 is 14.4 Å². The molecule has 3 heterocycles. The second-order valence-electron chi connectivity index (χ2n) is 7.91. The molecule has 0 bridgehead atoms. The minimum absolute atomic E-state index is 0.0421. The van der Waals surface area contributed by atoms with Gasteiger partial charge in [-0.05, 0) is 47.2 Å². The van der Waals surface area contributed by atoms with E-state index in [0.29, 0.717) is 40.9 Å². The maximum Gasteiger partial charge on any atom is 0.251 e. The number of fused-ring (bicyclic) bond motifs is 1. The van der Waals surface area contributed by atoms with Crippen LogP contribution in [-0.2, 0) is 16.1 Å². The molecular weight excluding hydrogens is 382 g/mol. The highest BCUT2D eigenvalue weighted by Gasteiger charge is 2.33. The van der Waals surface area contributed by atoms with Crippen molar-refractivity contribution in [3.05, 3.63) is 46.0 Å². The van der Waals surface area contributed by atoms with E-state index >= 15 is 0 Å². The van der Waals surface area contributed by atoms with Gasteiger partial charge < -0.3 is 11.1 Å². The number of imide groups is 1. The van der Waals surface area contributed by atoms with Crippen molar-refractivity contribution >= 4 is 23.5 Å². The second kappa shape index (κ2) is 7.26. The number of nitrogens with zero attached hydrogens (tertiary/aromatic N) is 2. The maximum absolute atomic E-state index is 12.6. The number of nitriles is 1. The molecular formula is C22H21N5O3. The lowest BCUT2D eigenvalue weighted by atomic mass is 9.83. The first-order chi connectivity index (χ1) is 14.3. The van der Waals surface area contributed by atoms with Gasteiger partial charge in [0.05, 0.1) is 17.2 Å². The summed E-state index contributed by atoms with van der Waals surface area (Å²) in [4.78, 5) is 40.9. The van der Waals surface area contributed by atoms with Crippen molar-refractivity contribution in [3.8, 4) is 17.3 Å². The van der Waals surface area contributed by atoms with Crippen LogP contribution in [0, 0.1) is 11.3 Å². The fraction of sp³-hybridized carbons (Fsp3) is 0.318. The van der Waals surface area contributed by atoms with Gasteiger partial charge in [-0.2, -0.15) is 5.26 Å². The van der Waals surface area contributed by atoms with Crippen LogP contribution in [-0.4, -0.2) is 22.7 Å². The fourth-order valence-electron chi connectivity index (χ4n) is 4.09. The first-order valence-corrected chi connectivity index (χ1v) is 9.79. The van der Waals surface area contributed by atoms with Gasteiger partial charge in [0.15, 0.2) is 0 Å². The number of carbonyl (C=O) groups is 3. The molecule has 152 valence electrons. The number of carbonyl (C=O) groups excluding carboxylic acids is 3.